The van der Waals surface area contributed by atoms with Crippen LogP contribution >= 0.6 is 11.3 Å². The summed E-state index contributed by atoms with van der Waals surface area (Å²) in [6.45, 7) is 5.76. The van der Waals surface area contributed by atoms with Crippen molar-refractivity contribution in [3.63, 3.8) is 0 Å². The van der Waals surface area contributed by atoms with Gasteiger partial charge in [0.05, 0.1) is 6.42 Å². The van der Waals surface area contributed by atoms with Crippen molar-refractivity contribution < 1.29 is 4.79 Å². The summed E-state index contributed by atoms with van der Waals surface area (Å²) in [5.41, 5.74) is 5.92. The molecule has 1 amide bonds. The average Bonchev–Trinajstić information content (AvgIpc) is 3.12. The summed E-state index contributed by atoms with van der Waals surface area (Å²) in [7, 11) is 0. The van der Waals surface area contributed by atoms with Crippen LogP contribution in [0.1, 0.15) is 27.3 Å². The van der Waals surface area contributed by atoms with E-state index in [1.807, 2.05) is 16.2 Å². The zero-order valence-electron chi connectivity index (χ0n) is 13.5. The fourth-order valence-corrected chi connectivity index (χ4v) is 4.34. The highest BCUT2D eigenvalue weighted by atomic mass is 32.1. The van der Waals surface area contributed by atoms with Crippen LogP contribution in [0, 0.1) is 13.8 Å². The van der Waals surface area contributed by atoms with E-state index in [2.05, 4.69) is 48.5 Å². The quantitative estimate of drug-likeness (QED) is 0.760. The van der Waals surface area contributed by atoms with Crippen LogP contribution in [0.5, 0.6) is 0 Å². The number of thiophene rings is 1. The number of nitrogens with one attached hydrogen (secondary N) is 1. The Kier molecular flexibility index (Phi) is 3.49. The van der Waals surface area contributed by atoms with Crippen LogP contribution < -0.4 is 0 Å². The fourth-order valence-electron chi connectivity index (χ4n) is 3.45. The zero-order chi connectivity index (χ0) is 16.0. The second-order valence-corrected chi connectivity index (χ2v) is 7.39. The summed E-state index contributed by atoms with van der Waals surface area (Å²) in [5, 5.41) is 3.31. The van der Waals surface area contributed by atoms with Crippen molar-refractivity contribution in [2.24, 2.45) is 0 Å². The lowest BCUT2D eigenvalue weighted by Gasteiger charge is -2.27. The number of benzene rings is 1. The number of aromatic amines is 1. The Bertz CT molecular complexity index is 890. The van der Waals surface area contributed by atoms with Gasteiger partial charge >= 0.3 is 0 Å². The summed E-state index contributed by atoms with van der Waals surface area (Å²) in [4.78, 5) is 19.6. The standard InChI is InChI=1S/C19H20N2OS/c1-12-3-4-17-16(9-12)15(13(2)20-17)10-19(22)21-7-5-18-14(11-21)6-8-23-18/h3-4,6,8-9,20H,5,7,10-11H2,1-2H3. The van der Waals surface area contributed by atoms with Crippen molar-refractivity contribution in [1.29, 1.82) is 0 Å². The molecule has 0 unspecified atom stereocenters. The predicted molar refractivity (Wildman–Crippen MR) is 94.9 cm³/mol. The van der Waals surface area contributed by atoms with Crippen molar-refractivity contribution in [2.45, 2.75) is 33.2 Å². The van der Waals surface area contributed by atoms with Gasteiger partial charge in [-0.25, -0.2) is 0 Å². The summed E-state index contributed by atoms with van der Waals surface area (Å²) >= 11 is 1.81. The van der Waals surface area contributed by atoms with E-state index in [9.17, 15) is 4.79 Å². The van der Waals surface area contributed by atoms with Gasteiger partial charge in [0.25, 0.3) is 0 Å². The van der Waals surface area contributed by atoms with Crippen molar-refractivity contribution >= 4 is 28.1 Å². The molecule has 118 valence electrons. The van der Waals surface area contributed by atoms with Crippen LogP contribution in [-0.4, -0.2) is 22.3 Å². The molecule has 3 heterocycles. The van der Waals surface area contributed by atoms with Crippen molar-refractivity contribution in [1.82, 2.24) is 9.88 Å². The number of hydrogen-bond donors (Lipinski definition) is 1. The Morgan fingerprint density at radius 3 is 3.04 bits per heavy atom. The Hall–Kier alpha value is -2.07. The first kappa shape index (κ1) is 14.5. The van der Waals surface area contributed by atoms with E-state index in [-0.39, 0.29) is 5.91 Å². The number of amides is 1. The maximum atomic E-state index is 12.8. The van der Waals surface area contributed by atoms with Crippen LogP contribution in [0.2, 0.25) is 0 Å². The number of carbonyl (C=O) groups excluding carboxylic acids is 1. The topological polar surface area (TPSA) is 36.1 Å². The molecule has 0 bridgehead atoms. The first-order valence-corrected chi connectivity index (χ1v) is 8.90. The average molecular weight is 324 g/mol. The first-order chi connectivity index (χ1) is 11.1. The Balaban J connectivity index is 1.60. The van der Waals surface area contributed by atoms with Gasteiger partial charge in [-0.2, -0.15) is 0 Å². The largest absolute Gasteiger partial charge is 0.358 e. The van der Waals surface area contributed by atoms with Gasteiger partial charge in [-0.15, -0.1) is 11.3 Å². The van der Waals surface area contributed by atoms with Crippen LogP contribution in [0.3, 0.4) is 0 Å². The summed E-state index contributed by atoms with van der Waals surface area (Å²) in [6, 6.07) is 8.53. The lowest BCUT2D eigenvalue weighted by Crippen LogP contribution is -2.36. The van der Waals surface area contributed by atoms with Crippen LogP contribution in [-0.2, 0) is 24.2 Å². The number of H-pyrrole nitrogens is 1. The third-order valence-electron chi connectivity index (χ3n) is 4.76. The lowest BCUT2D eigenvalue weighted by atomic mass is 10.0. The number of aryl methyl sites for hydroxylation is 2. The molecule has 23 heavy (non-hydrogen) atoms. The smallest absolute Gasteiger partial charge is 0.227 e. The second kappa shape index (κ2) is 5.53. The predicted octanol–water partition coefficient (Wildman–Crippen LogP) is 3.97. The lowest BCUT2D eigenvalue weighted by molar-refractivity contribution is -0.131. The van der Waals surface area contributed by atoms with Crippen molar-refractivity contribution in [3.8, 4) is 0 Å². The first-order valence-electron chi connectivity index (χ1n) is 8.02. The molecule has 3 nitrogen and oxygen atoms in total. The van der Waals surface area contributed by atoms with Crippen molar-refractivity contribution in [2.75, 3.05) is 6.54 Å². The number of rotatable bonds is 2. The van der Waals surface area contributed by atoms with Crippen LogP contribution in [0.4, 0.5) is 0 Å². The van der Waals surface area contributed by atoms with Gasteiger partial charge in [0.2, 0.25) is 5.91 Å². The molecule has 0 spiro atoms. The van der Waals surface area contributed by atoms with Gasteiger partial charge in [0.15, 0.2) is 0 Å². The minimum absolute atomic E-state index is 0.229. The molecule has 0 radical (unpaired) electrons. The van der Waals surface area contributed by atoms with E-state index in [0.29, 0.717) is 6.42 Å². The molecule has 3 aromatic rings. The fraction of sp³-hybridized carbons (Fsp3) is 0.316. The molecular weight excluding hydrogens is 304 g/mol. The Morgan fingerprint density at radius 1 is 1.30 bits per heavy atom. The van der Waals surface area contributed by atoms with E-state index in [0.717, 1.165) is 36.3 Å². The monoisotopic (exact) mass is 324 g/mol. The van der Waals surface area contributed by atoms with Gasteiger partial charge in [0, 0.05) is 34.6 Å². The van der Waals surface area contributed by atoms with E-state index >= 15 is 0 Å². The molecule has 2 aromatic heterocycles. The van der Waals surface area contributed by atoms with E-state index in [4.69, 9.17) is 0 Å². The molecule has 0 aliphatic carbocycles. The summed E-state index contributed by atoms with van der Waals surface area (Å²) in [6.07, 6.45) is 1.47. The molecule has 1 aromatic carbocycles. The highest BCUT2D eigenvalue weighted by Crippen LogP contribution is 2.27. The molecule has 1 N–H and O–H groups in total. The SMILES string of the molecule is Cc1ccc2[nH]c(C)c(CC(=O)N3CCc4sccc4C3)c2c1. The number of nitrogens with zero attached hydrogens (tertiary/aromatic N) is 1. The molecule has 0 saturated heterocycles. The maximum Gasteiger partial charge on any atom is 0.227 e. The number of hydrogen-bond acceptors (Lipinski definition) is 2. The molecule has 1 aliphatic heterocycles. The molecule has 0 fully saturated rings. The Labute approximate surface area is 139 Å². The van der Waals surface area contributed by atoms with E-state index < -0.39 is 0 Å². The molecule has 0 atom stereocenters. The minimum Gasteiger partial charge on any atom is -0.358 e. The Morgan fingerprint density at radius 2 is 2.17 bits per heavy atom. The molecule has 4 rings (SSSR count). The van der Waals surface area contributed by atoms with Gasteiger partial charge in [0.1, 0.15) is 0 Å². The number of fused-ring (bicyclic) bond motifs is 2. The molecule has 4 heteroatoms. The molecular formula is C19H20N2OS. The van der Waals surface area contributed by atoms with Crippen LogP contribution in [0.25, 0.3) is 10.9 Å². The maximum absolute atomic E-state index is 12.8. The van der Waals surface area contributed by atoms with E-state index in [1.165, 1.54) is 21.4 Å². The number of aromatic nitrogens is 1. The molecule has 1 aliphatic rings. The van der Waals surface area contributed by atoms with E-state index in [1.54, 1.807) is 0 Å². The second-order valence-electron chi connectivity index (χ2n) is 6.39. The highest BCUT2D eigenvalue weighted by molar-refractivity contribution is 7.10. The van der Waals surface area contributed by atoms with Gasteiger partial charge in [-0.1, -0.05) is 11.6 Å². The normalized spacial score (nSPS) is 14.3. The summed E-state index contributed by atoms with van der Waals surface area (Å²) < 4.78 is 0. The zero-order valence-corrected chi connectivity index (χ0v) is 14.3. The van der Waals surface area contributed by atoms with Gasteiger partial charge in [-0.3, -0.25) is 4.79 Å². The highest BCUT2D eigenvalue weighted by Gasteiger charge is 2.23. The molecule has 0 saturated carbocycles. The van der Waals surface area contributed by atoms with Gasteiger partial charge < -0.3 is 9.88 Å². The summed E-state index contributed by atoms with van der Waals surface area (Å²) in [5.74, 6) is 0.229. The van der Waals surface area contributed by atoms with Gasteiger partial charge in [-0.05, 0) is 55.0 Å². The number of carbonyl (C=O) groups is 1. The third kappa shape index (κ3) is 2.57. The van der Waals surface area contributed by atoms with Crippen molar-refractivity contribution in [3.05, 3.63) is 56.9 Å². The minimum atomic E-state index is 0.229. The third-order valence-corrected chi connectivity index (χ3v) is 5.79. The van der Waals surface area contributed by atoms with Crippen LogP contribution in [0.15, 0.2) is 29.6 Å².